The van der Waals surface area contributed by atoms with Crippen LogP contribution in [-0.4, -0.2) is 48.3 Å². The highest BCUT2D eigenvalue weighted by Gasteiger charge is 2.23. The summed E-state index contributed by atoms with van der Waals surface area (Å²) in [5, 5.41) is 3.47. The second kappa shape index (κ2) is 7.10. The summed E-state index contributed by atoms with van der Waals surface area (Å²) in [5.74, 6) is 0. The third kappa shape index (κ3) is 6.25. The maximum atomic E-state index is 11.9. The van der Waals surface area contributed by atoms with Gasteiger partial charge in [-0.25, -0.2) is 4.79 Å². The molecule has 19 heavy (non-hydrogen) atoms. The van der Waals surface area contributed by atoms with Crippen molar-refractivity contribution in [3.63, 3.8) is 0 Å². The number of rotatable bonds is 5. The molecule has 0 aliphatic heterocycles. The molecule has 3 N–H and O–H groups in total. The van der Waals surface area contributed by atoms with E-state index in [4.69, 9.17) is 10.5 Å². The first-order chi connectivity index (χ1) is 8.81. The van der Waals surface area contributed by atoms with Crippen LogP contribution in [0.4, 0.5) is 4.79 Å². The Morgan fingerprint density at radius 3 is 2.58 bits per heavy atom. The first kappa shape index (κ1) is 16.2. The van der Waals surface area contributed by atoms with Gasteiger partial charge in [-0.05, 0) is 47.0 Å². The summed E-state index contributed by atoms with van der Waals surface area (Å²) in [6, 6.07) is 0.845. The summed E-state index contributed by atoms with van der Waals surface area (Å²) in [4.78, 5) is 13.7. The zero-order valence-corrected chi connectivity index (χ0v) is 12.7. The van der Waals surface area contributed by atoms with Crippen molar-refractivity contribution in [1.29, 1.82) is 0 Å². The highest BCUT2D eigenvalue weighted by atomic mass is 16.6. The van der Waals surface area contributed by atoms with Gasteiger partial charge in [-0.3, -0.25) is 0 Å². The van der Waals surface area contributed by atoms with Gasteiger partial charge in [0.05, 0.1) is 0 Å². The lowest BCUT2D eigenvalue weighted by Gasteiger charge is -2.27. The van der Waals surface area contributed by atoms with E-state index in [0.717, 1.165) is 25.8 Å². The molecule has 2 atom stereocenters. The Morgan fingerprint density at radius 1 is 1.42 bits per heavy atom. The molecule has 0 aromatic heterocycles. The molecule has 0 saturated heterocycles. The summed E-state index contributed by atoms with van der Waals surface area (Å²) in [7, 11) is 0. The van der Waals surface area contributed by atoms with E-state index in [-0.39, 0.29) is 6.09 Å². The van der Waals surface area contributed by atoms with Crippen molar-refractivity contribution in [3.8, 4) is 0 Å². The van der Waals surface area contributed by atoms with Gasteiger partial charge >= 0.3 is 6.09 Å². The molecule has 5 heteroatoms. The van der Waals surface area contributed by atoms with E-state index in [9.17, 15) is 4.79 Å². The van der Waals surface area contributed by atoms with Crippen LogP contribution in [0.2, 0.25) is 0 Å². The number of hydrogen-bond acceptors (Lipinski definition) is 4. The van der Waals surface area contributed by atoms with Crippen molar-refractivity contribution in [2.75, 3.05) is 19.6 Å². The molecule has 1 rings (SSSR count). The van der Waals surface area contributed by atoms with E-state index in [1.165, 1.54) is 0 Å². The van der Waals surface area contributed by atoms with E-state index in [1.807, 2.05) is 27.7 Å². The Bertz CT molecular complexity index is 289. The van der Waals surface area contributed by atoms with E-state index < -0.39 is 5.60 Å². The molecule has 1 fully saturated rings. The topological polar surface area (TPSA) is 67.6 Å². The molecule has 1 aliphatic carbocycles. The number of carbonyl (C=O) groups is 1. The number of carbonyl (C=O) groups excluding carboxylic acids is 1. The molecule has 5 nitrogen and oxygen atoms in total. The monoisotopic (exact) mass is 271 g/mol. The van der Waals surface area contributed by atoms with E-state index >= 15 is 0 Å². The fourth-order valence-electron chi connectivity index (χ4n) is 2.31. The SMILES string of the molecule is CCN(CCNC1CCC(N)C1)C(=O)OC(C)(C)C. The number of likely N-dealkylation sites (N-methyl/N-ethyl adjacent to an activating group) is 1. The van der Waals surface area contributed by atoms with E-state index in [2.05, 4.69) is 5.32 Å². The fraction of sp³-hybridized carbons (Fsp3) is 0.929. The van der Waals surface area contributed by atoms with Crippen molar-refractivity contribution in [2.45, 2.75) is 64.6 Å². The Morgan fingerprint density at radius 2 is 2.11 bits per heavy atom. The van der Waals surface area contributed by atoms with Crippen LogP contribution in [0.3, 0.4) is 0 Å². The fourth-order valence-corrected chi connectivity index (χ4v) is 2.31. The molecule has 0 radical (unpaired) electrons. The normalized spacial score (nSPS) is 23.4. The third-order valence-corrected chi connectivity index (χ3v) is 3.32. The average Bonchev–Trinajstić information content (AvgIpc) is 2.68. The van der Waals surface area contributed by atoms with Gasteiger partial charge in [-0.15, -0.1) is 0 Å². The third-order valence-electron chi connectivity index (χ3n) is 3.32. The number of nitrogens with one attached hydrogen (secondary N) is 1. The predicted molar refractivity (Wildman–Crippen MR) is 77.1 cm³/mol. The van der Waals surface area contributed by atoms with Crippen molar-refractivity contribution in [2.24, 2.45) is 5.73 Å². The number of nitrogens with zero attached hydrogens (tertiary/aromatic N) is 1. The van der Waals surface area contributed by atoms with Gasteiger partial charge in [-0.1, -0.05) is 0 Å². The van der Waals surface area contributed by atoms with Gasteiger partial charge in [0.15, 0.2) is 0 Å². The first-order valence-corrected chi connectivity index (χ1v) is 7.28. The molecule has 0 heterocycles. The molecule has 0 spiro atoms. The number of hydrogen-bond donors (Lipinski definition) is 2. The molecule has 2 unspecified atom stereocenters. The second-order valence-electron chi connectivity index (χ2n) is 6.28. The first-order valence-electron chi connectivity index (χ1n) is 7.28. The maximum absolute atomic E-state index is 11.9. The molecule has 1 saturated carbocycles. The van der Waals surface area contributed by atoms with Crippen LogP contribution < -0.4 is 11.1 Å². The molecule has 1 aliphatic rings. The second-order valence-corrected chi connectivity index (χ2v) is 6.28. The molecule has 1 amide bonds. The predicted octanol–water partition coefficient (Wildman–Crippen LogP) is 1.71. The molecular formula is C14H29N3O2. The minimum absolute atomic E-state index is 0.236. The van der Waals surface area contributed by atoms with Crippen molar-refractivity contribution in [1.82, 2.24) is 10.2 Å². The summed E-state index contributed by atoms with van der Waals surface area (Å²) < 4.78 is 5.37. The number of ether oxygens (including phenoxy) is 1. The highest BCUT2D eigenvalue weighted by molar-refractivity contribution is 5.68. The van der Waals surface area contributed by atoms with Gasteiger partial charge in [-0.2, -0.15) is 0 Å². The lowest BCUT2D eigenvalue weighted by Crippen LogP contribution is -2.42. The van der Waals surface area contributed by atoms with Gasteiger partial charge in [0.25, 0.3) is 0 Å². The van der Waals surface area contributed by atoms with Gasteiger partial charge in [0.2, 0.25) is 0 Å². The van der Waals surface area contributed by atoms with Gasteiger partial charge < -0.3 is 20.7 Å². The van der Waals surface area contributed by atoms with E-state index in [0.29, 0.717) is 25.2 Å². The standard InChI is InChI=1S/C14H29N3O2/c1-5-17(13(18)19-14(2,3)4)9-8-16-12-7-6-11(15)10-12/h11-12,16H,5-10,15H2,1-4H3. The lowest BCUT2D eigenvalue weighted by atomic mass is 10.2. The minimum atomic E-state index is -0.434. The van der Waals surface area contributed by atoms with Gasteiger partial charge in [0, 0.05) is 31.7 Å². The zero-order chi connectivity index (χ0) is 14.5. The maximum Gasteiger partial charge on any atom is 0.410 e. The number of nitrogens with two attached hydrogens (primary N) is 1. The Labute approximate surface area is 116 Å². The van der Waals surface area contributed by atoms with Crippen LogP contribution in [-0.2, 0) is 4.74 Å². The molecule has 0 aromatic carbocycles. The van der Waals surface area contributed by atoms with Crippen LogP contribution in [0.1, 0.15) is 47.0 Å². The van der Waals surface area contributed by atoms with E-state index in [1.54, 1.807) is 4.90 Å². The lowest BCUT2D eigenvalue weighted by molar-refractivity contribution is 0.0261. The van der Waals surface area contributed by atoms with Crippen LogP contribution in [0.5, 0.6) is 0 Å². The van der Waals surface area contributed by atoms with Crippen LogP contribution in [0.15, 0.2) is 0 Å². The summed E-state index contributed by atoms with van der Waals surface area (Å²) in [6.07, 6.45) is 3.04. The summed E-state index contributed by atoms with van der Waals surface area (Å²) in [6.45, 7) is 9.77. The highest BCUT2D eigenvalue weighted by Crippen LogP contribution is 2.16. The average molecular weight is 271 g/mol. The smallest absolute Gasteiger partial charge is 0.410 e. The zero-order valence-electron chi connectivity index (χ0n) is 12.7. The quantitative estimate of drug-likeness (QED) is 0.799. The molecule has 0 aromatic rings. The van der Waals surface area contributed by atoms with Gasteiger partial charge in [0.1, 0.15) is 5.60 Å². The van der Waals surface area contributed by atoms with Crippen molar-refractivity contribution >= 4 is 6.09 Å². The number of amides is 1. The summed E-state index contributed by atoms with van der Waals surface area (Å²) >= 11 is 0. The minimum Gasteiger partial charge on any atom is -0.444 e. The largest absolute Gasteiger partial charge is 0.444 e. The molecule has 112 valence electrons. The Hall–Kier alpha value is -0.810. The summed E-state index contributed by atoms with van der Waals surface area (Å²) in [5.41, 5.74) is 5.44. The van der Waals surface area contributed by atoms with Crippen molar-refractivity contribution in [3.05, 3.63) is 0 Å². The van der Waals surface area contributed by atoms with Crippen LogP contribution in [0.25, 0.3) is 0 Å². The molecular weight excluding hydrogens is 242 g/mol. The van der Waals surface area contributed by atoms with Crippen LogP contribution in [0, 0.1) is 0 Å². The Balaban J connectivity index is 2.26. The van der Waals surface area contributed by atoms with Crippen molar-refractivity contribution < 1.29 is 9.53 Å². The molecule has 0 bridgehead atoms. The van der Waals surface area contributed by atoms with Crippen LogP contribution >= 0.6 is 0 Å². The Kier molecular flexibility index (Phi) is 6.07.